The van der Waals surface area contributed by atoms with Crippen molar-refractivity contribution in [3.63, 3.8) is 0 Å². The van der Waals surface area contributed by atoms with Gasteiger partial charge in [-0.25, -0.2) is 9.97 Å². The van der Waals surface area contributed by atoms with Gasteiger partial charge in [0.2, 0.25) is 0 Å². The van der Waals surface area contributed by atoms with Gasteiger partial charge in [-0.15, -0.1) is 11.3 Å². The number of carbonyl (C=O) groups is 1. The van der Waals surface area contributed by atoms with Gasteiger partial charge in [-0.05, 0) is 26.0 Å². The number of hydrogen-bond donors (Lipinski definition) is 1. The van der Waals surface area contributed by atoms with Gasteiger partial charge < -0.3 is 9.72 Å². The minimum absolute atomic E-state index is 0.0735. The van der Waals surface area contributed by atoms with Gasteiger partial charge in [0.05, 0.1) is 16.3 Å². The molecule has 0 aliphatic rings. The second-order valence-corrected chi connectivity index (χ2v) is 6.15. The Labute approximate surface area is 126 Å². The van der Waals surface area contributed by atoms with Gasteiger partial charge in [0.1, 0.15) is 5.65 Å². The molecule has 1 amide bonds. The lowest BCUT2D eigenvalue weighted by molar-refractivity contribution is 0.0953. The molecule has 1 N–H and O–H groups in total. The SMILES string of the molecule is Cc1nc(CCNC(=O)c2ccc3nccn3c2)sc1C. The molecule has 0 radical (unpaired) electrons. The number of rotatable bonds is 4. The van der Waals surface area contributed by atoms with E-state index in [-0.39, 0.29) is 5.91 Å². The van der Waals surface area contributed by atoms with Crippen LogP contribution in [0.5, 0.6) is 0 Å². The number of amides is 1. The lowest BCUT2D eigenvalue weighted by atomic mass is 10.2. The number of hydrogen-bond acceptors (Lipinski definition) is 4. The van der Waals surface area contributed by atoms with Crippen LogP contribution in [0.25, 0.3) is 5.65 Å². The molecule has 3 aromatic heterocycles. The van der Waals surface area contributed by atoms with Crippen molar-refractivity contribution in [1.29, 1.82) is 0 Å². The van der Waals surface area contributed by atoms with Crippen LogP contribution in [0.15, 0.2) is 30.7 Å². The fraction of sp³-hybridized carbons (Fsp3) is 0.267. The van der Waals surface area contributed by atoms with E-state index < -0.39 is 0 Å². The summed E-state index contributed by atoms with van der Waals surface area (Å²) in [5, 5.41) is 3.99. The number of pyridine rings is 1. The highest BCUT2D eigenvalue weighted by Gasteiger charge is 2.08. The second-order valence-electron chi connectivity index (χ2n) is 4.87. The highest BCUT2D eigenvalue weighted by atomic mass is 32.1. The molecule has 0 aliphatic carbocycles. The van der Waals surface area contributed by atoms with Crippen LogP contribution >= 0.6 is 11.3 Å². The van der Waals surface area contributed by atoms with Crippen molar-refractivity contribution in [1.82, 2.24) is 19.7 Å². The monoisotopic (exact) mass is 300 g/mol. The van der Waals surface area contributed by atoms with Crippen LogP contribution in [0.3, 0.4) is 0 Å². The van der Waals surface area contributed by atoms with Crippen LogP contribution in [-0.4, -0.2) is 26.8 Å². The summed E-state index contributed by atoms with van der Waals surface area (Å²) in [5.74, 6) is -0.0735. The molecule has 21 heavy (non-hydrogen) atoms. The predicted molar refractivity (Wildman–Crippen MR) is 82.8 cm³/mol. The Balaban J connectivity index is 1.60. The Hall–Kier alpha value is -2.21. The molecule has 0 saturated heterocycles. The fourth-order valence-electron chi connectivity index (χ4n) is 2.09. The first kappa shape index (κ1) is 13.8. The summed E-state index contributed by atoms with van der Waals surface area (Å²) in [4.78, 5) is 22.0. The molecule has 108 valence electrons. The van der Waals surface area contributed by atoms with Crippen molar-refractivity contribution in [2.24, 2.45) is 0 Å². The van der Waals surface area contributed by atoms with Crippen LogP contribution in [0.2, 0.25) is 0 Å². The number of nitrogens with one attached hydrogen (secondary N) is 1. The number of nitrogens with zero attached hydrogens (tertiary/aromatic N) is 3. The van der Waals surface area contributed by atoms with Crippen molar-refractivity contribution in [3.8, 4) is 0 Å². The van der Waals surface area contributed by atoms with Crippen LogP contribution in [0, 0.1) is 13.8 Å². The molecule has 3 aromatic rings. The molecule has 0 atom stereocenters. The fourth-order valence-corrected chi connectivity index (χ4v) is 3.02. The Morgan fingerprint density at radius 2 is 2.24 bits per heavy atom. The third kappa shape index (κ3) is 2.95. The Morgan fingerprint density at radius 3 is 3.00 bits per heavy atom. The maximum absolute atomic E-state index is 12.1. The lowest BCUT2D eigenvalue weighted by Crippen LogP contribution is -2.25. The van der Waals surface area contributed by atoms with Crippen molar-refractivity contribution in [3.05, 3.63) is 51.9 Å². The summed E-state index contributed by atoms with van der Waals surface area (Å²) in [5.41, 5.74) is 2.54. The summed E-state index contributed by atoms with van der Waals surface area (Å²) >= 11 is 1.69. The molecule has 0 aliphatic heterocycles. The van der Waals surface area contributed by atoms with Crippen LogP contribution in [-0.2, 0) is 6.42 Å². The summed E-state index contributed by atoms with van der Waals surface area (Å²) in [6, 6.07) is 3.62. The van der Waals surface area contributed by atoms with Crippen molar-refractivity contribution in [2.75, 3.05) is 6.54 Å². The molecular formula is C15H16N4OS. The first-order valence-electron chi connectivity index (χ1n) is 6.77. The van der Waals surface area contributed by atoms with Crippen LogP contribution in [0.4, 0.5) is 0 Å². The van der Waals surface area contributed by atoms with Gasteiger partial charge in [-0.2, -0.15) is 0 Å². The molecule has 0 fully saturated rings. The summed E-state index contributed by atoms with van der Waals surface area (Å²) in [6.07, 6.45) is 6.09. The number of fused-ring (bicyclic) bond motifs is 1. The van der Waals surface area contributed by atoms with E-state index in [9.17, 15) is 4.79 Å². The maximum Gasteiger partial charge on any atom is 0.252 e. The standard InChI is InChI=1S/C15H16N4OS/c1-10-11(2)21-14(18-10)5-6-17-15(20)12-3-4-13-16-7-8-19(13)9-12/h3-4,7-9H,5-6H2,1-2H3,(H,17,20). The molecule has 3 heterocycles. The largest absolute Gasteiger partial charge is 0.352 e. The Bertz CT molecular complexity index is 770. The zero-order valence-corrected chi connectivity index (χ0v) is 12.8. The van der Waals surface area contributed by atoms with Gasteiger partial charge >= 0.3 is 0 Å². The van der Waals surface area contributed by atoms with E-state index in [0.29, 0.717) is 12.1 Å². The van der Waals surface area contributed by atoms with Gasteiger partial charge in [-0.3, -0.25) is 4.79 Å². The van der Waals surface area contributed by atoms with E-state index in [1.165, 1.54) is 4.88 Å². The van der Waals surface area contributed by atoms with E-state index >= 15 is 0 Å². The van der Waals surface area contributed by atoms with E-state index in [1.54, 1.807) is 29.8 Å². The Kier molecular flexibility index (Phi) is 3.70. The lowest BCUT2D eigenvalue weighted by Gasteiger charge is -2.04. The topological polar surface area (TPSA) is 59.3 Å². The molecule has 0 saturated carbocycles. The Morgan fingerprint density at radius 1 is 1.38 bits per heavy atom. The maximum atomic E-state index is 12.1. The number of carbonyl (C=O) groups excluding carboxylic acids is 1. The van der Waals surface area contributed by atoms with Crippen molar-refractivity contribution < 1.29 is 4.79 Å². The van der Waals surface area contributed by atoms with Gasteiger partial charge in [0.15, 0.2) is 0 Å². The first-order valence-corrected chi connectivity index (χ1v) is 7.59. The molecule has 3 rings (SSSR count). The summed E-state index contributed by atoms with van der Waals surface area (Å²) < 4.78 is 1.84. The molecule has 0 aromatic carbocycles. The predicted octanol–water partition coefficient (Wildman–Crippen LogP) is 2.38. The third-order valence-corrected chi connectivity index (χ3v) is 4.48. The van der Waals surface area contributed by atoms with E-state index in [1.807, 2.05) is 23.6 Å². The van der Waals surface area contributed by atoms with Crippen molar-refractivity contribution >= 4 is 22.9 Å². The van der Waals surface area contributed by atoms with E-state index in [2.05, 4.69) is 22.2 Å². The molecule has 6 heteroatoms. The van der Waals surface area contributed by atoms with Gasteiger partial charge in [-0.1, -0.05) is 0 Å². The smallest absolute Gasteiger partial charge is 0.252 e. The summed E-state index contributed by atoms with van der Waals surface area (Å²) in [6.45, 7) is 4.66. The highest BCUT2D eigenvalue weighted by molar-refractivity contribution is 7.11. The number of thiazole rings is 1. The normalized spacial score (nSPS) is 11.0. The minimum Gasteiger partial charge on any atom is -0.352 e. The number of aromatic nitrogens is 3. The zero-order valence-electron chi connectivity index (χ0n) is 12.0. The van der Waals surface area contributed by atoms with Crippen molar-refractivity contribution in [2.45, 2.75) is 20.3 Å². The average molecular weight is 300 g/mol. The van der Waals surface area contributed by atoms with E-state index in [0.717, 1.165) is 22.8 Å². The highest BCUT2D eigenvalue weighted by Crippen LogP contribution is 2.16. The molecule has 0 unspecified atom stereocenters. The quantitative estimate of drug-likeness (QED) is 0.805. The number of imidazole rings is 1. The first-order chi connectivity index (χ1) is 10.1. The van der Waals surface area contributed by atoms with Gasteiger partial charge in [0.25, 0.3) is 5.91 Å². The zero-order chi connectivity index (χ0) is 14.8. The van der Waals surface area contributed by atoms with Crippen LogP contribution < -0.4 is 5.32 Å². The van der Waals surface area contributed by atoms with E-state index in [4.69, 9.17) is 0 Å². The van der Waals surface area contributed by atoms with Crippen LogP contribution in [0.1, 0.15) is 25.9 Å². The van der Waals surface area contributed by atoms with Gasteiger partial charge in [0, 0.05) is 36.4 Å². The number of aryl methyl sites for hydroxylation is 2. The third-order valence-electron chi connectivity index (χ3n) is 3.35. The molecule has 0 spiro atoms. The molecule has 5 nitrogen and oxygen atoms in total. The molecular weight excluding hydrogens is 284 g/mol. The minimum atomic E-state index is -0.0735. The molecule has 0 bridgehead atoms. The summed E-state index contributed by atoms with van der Waals surface area (Å²) in [7, 11) is 0. The second kappa shape index (κ2) is 5.65. The average Bonchev–Trinajstić information content (AvgIpc) is 3.05.